The Morgan fingerprint density at radius 3 is 2.46 bits per heavy atom. The molecule has 0 unspecified atom stereocenters. The Kier molecular flexibility index (Phi) is 5.76. The second kappa shape index (κ2) is 8.40. The monoisotopic (exact) mass is 373 g/mol. The molecular weight excluding hydrogens is 358 g/mol. The van der Waals surface area contributed by atoms with Gasteiger partial charge in [0.25, 0.3) is 0 Å². The molecule has 0 fully saturated rings. The normalized spacial score (nSPS) is 10.4. The highest BCUT2D eigenvalue weighted by Gasteiger charge is 2.10. The van der Waals surface area contributed by atoms with Gasteiger partial charge in [0.2, 0.25) is 5.89 Å². The number of hydrogen-bond donors (Lipinski definition) is 0. The zero-order chi connectivity index (χ0) is 18.4. The molecule has 0 aliphatic heterocycles. The largest absolute Gasteiger partial charge is 0.497 e. The van der Waals surface area contributed by atoms with Gasteiger partial charge in [0.05, 0.1) is 13.3 Å². The zero-order valence-electron chi connectivity index (χ0n) is 14.0. The number of nitrogens with zero attached hydrogens (tertiary/aromatic N) is 1. The molecule has 0 amide bonds. The average molecular weight is 374 g/mol. The van der Waals surface area contributed by atoms with Gasteiger partial charge >= 0.3 is 5.97 Å². The van der Waals surface area contributed by atoms with Gasteiger partial charge in [-0.05, 0) is 48.5 Å². The van der Waals surface area contributed by atoms with Crippen LogP contribution >= 0.6 is 11.6 Å². The minimum absolute atomic E-state index is 0.0710. The standard InChI is InChI=1S/C19H16ClNO5/c1-23-15-6-8-16(9-7-15)24-12-19(22)25-11-18-21-10-17(26-18)13-2-4-14(20)5-3-13/h2-10H,11-12H2,1H3. The Balaban J connectivity index is 1.47. The topological polar surface area (TPSA) is 70.8 Å². The van der Waals surface area contributed by atoms with Crippen LogP contribution < -0.4 is 9.47 Å². The van der Waals surface area contributed by atoms with Crippen molar-refractivity contribution in [2.75, 3.05) is 13.7 Å². The molecule has 0 atom stereocenters. The van der Waals surface area contributed by atoms with Crippen molar-refractivity contribution >= 4 is 17.6 Å². The second-order valence-electron chi connectivity index (χ2n) is 5.25. The van der Waals surface area contributed by atoms with Crippen LogP contribution in [0.25, 0.3) is 11.3 Å². The Morgan fingerprint density at radius 2 is 1.77 bits per heavy atom. The molecule has 7 heteroatoms. The fraction of sp³-hybridized carbons (Fsp3) is 0.158. The van der Waals surface area contributed by atoms with Crippen LogP contribution in [0.1, 0.15) is 5.89 Å². The third-order valence-electron chi connectivity index (χ3n) is 3.46. The lowest BCUT2D eigenvalue weighted by Crippen LogP contribution is -2.14. The lowest BCUT2D eigenvalue weighted by Gasteiger charge is -2.06. The summed E-state index contributed by atoms with van der Waals surface area (Å²) in [6, 6.07) is 14.1. The molecule has 0 spiro atoms. The average Bonchev–Trinajstić information content (AvgIpc) is 3.14. The summed E-state index contributed by atoms with van der Waals surface area (Å²) in [5, 5.41) is 0.638. The van der Waals surface area contributed by atoms with Crippen LogP contribution in [-0.4, -0.2) is 24.7 Å². The summed E-state index contributed by atoms with van der Waals surface area (Å²) in [7, 11) is 1.58. The highest BCUT2D eigenvalue weighted by Crippen LogP contribution is 2.22. The molecule has 0 aliphatic rings. The maximum Gasteiger partial charge on any atom is 0.344 e. The molecule has 0 saturated heterocycles. The fourth-order valence-electron chi connectivity index (χ4n) is 2.12. The molecule has 134 valence electrons. The number of oxazole rings is 1. The molecule has 0 N–H and O–H groups in total. The highest BCUT2D eigenvalue weighted by atomic mass is 35.5. The minimum Gasteiger partial charge on any atom is -0.497 e. The first kappa shape index (κ1) is 17.8. The number of rotatable bonds is 7. The predicted octanol–water partition coefficient (Wildman–Crippen LogP) is 4.13. The number of hydrogen-bond acceptors (Lipinski definition) is 6. The zero-order valence-corrected chi connectivity index (χ0v) is 14.7. The summed E-state index contributed by atoms with van der Waals surface area (Å²) in [6.45, 7) is -0.282. The summed E-state index contributed by atoms with van der Waals surface area (Å²) >= 11 is 5.86. The molecule has 3 aromatic rings. The molecule has 0 radical (unpaired) electrons. The van der Waals surface area contributed by atoms with Gasteiger partial charge in [0, 0.05) is 10.6 Å². The fourth-order valence-corrected chi connectivity index (χ4v) is 2.25. The van der Waals surface area contributed by atoms with Crippen molar-refractivity contribution in [1.82, 2.24) is 4.98 Å². The number of carbonyl (C=O) groups excluding carboxylic acids is 1. The van der Waals surface area contributed by atoms with Crippen molar-refractivity contribution in [3.05, 3.63) is 65.6 Å². The van der Waals surface area contributed by atoms with Crippen molar-refractivity contribution < 1.29 is 23.4 Å². The molecule has 0 bridgehead atoms. The predicted molar refractivity (Wildman–Crippen MR) is 95.2 cm³/mol. The molecule has 0 aliphatic carbocycles. The van der Waals surface area contributed by atoms with E-state index in [9.17, 15) is 4.79 Å². The first-order chi connectivity index (χ1) is 12.6. The quantitative estimate of drug-likeness (QED) is 0.580. The number of benzene rings is 2. The number of aromatic nitrogens is 1. The minimum atomic E-state index is -0.521. The Morgan fingerprint density at radius 1 is 1.08 bits per heavy atom. The van der Waals surface area contributed by atoms with Gasteiger partial charge in [-0.15, -0.1) is 0 Å². The second-order valence-corrected chi connectivity index (χ2v) is 5.69. The van der Waals surface area contributed by atoms with E-state index < -0.39 is 5.97 Å². The molecule has 1 aromatic heterocycles. The first-order valence-corrected chi connectivity index (χ1v) is 8.15. The van der Waals surface area contributed by atoms with E-state index >= 15 is 0 Å². The van der Waals surface area contributed by atoms with E-state index in [-0.39, 0.29) is 13.2 Å². The third-order valence-corrected chi connectivity index (χ3v) is 3.71. The smallest absolute Gasteiger partial charge is 0.344 e. The van der Waals surface area contributed by atoms with Crippen LogP contribution in [0.15, 0.2) is 59.1 Å². The van der Waals surface area contributed by atoms with Gasteiger partial charge < -0.3 is 18.6 Å². The number of esters is 1. The summed E-state index contributed by atoms with van der Waals surface area (Å²) in [5.74, 6) is 1.60. The van der Waals surface area contributed by atoms with Crippen molar-refractivity contribution in [2.45, 2.75) is 6.61 Å². The van der Waals surface area contributed by atoms with Crippen LogP contribution in [0.5, 0.6) is 11.5 Å². The van der Waals surface area contributed by atoms with E-state index in [1.807, 2.05) is 12.1 Å². The van der Waals surface area contributed by atoms with Crippen LogP contribution in [0.2, 0.25) is 5.02 Å². The molecule has 6 nitrogen and oxygen atoms in total. The molecule has 1 heterocycles. The van der Waals surface area contributed by atoms with E-state index in [4.69, 9.17) is 30.2 Å². The summed E-state index contributed by atoms with van der Waals surface area (Å²) in [5.41, 5.74) is 0.835. The number of methoxy groups -OCH3 is 1. The lowest BCUT2D eigenvalue weighted by molar-refractivity contribution is -0.148. The Labute approximate surface area is 155 Å². The first-order valence-electron chi connectivity index (χ1n) is 7.77. The number of carbonyl (C=O) groups is 1. The van der Waals surface area contributed by atoms with Crippen molar-refractivity contribution in [2.24, 2.45) is 0 Å². The van der Waals surface area contributed by atoms with E-state index in [0.29, 0.717) is 28.2 Å². The van der Waals surface area contributed by atoms with Crippen LogP contribution in [-0.2, 0) is 16.1 Å². The molecule has 2 aromatic carbocycles. The molecular formula is C19H16ClNO5. The third kappa shape index (κ3) is 4.77. The highest BCUT2D eigenvalue weighted by molar-refractivity contribution is 6.30. The van der Waals surface area contributed by atoms with Crippen molar-refractivity contribution in [3.8, 4) is 22.8 Å². The summed E-state index contributed by atoms with van der Waals surface area (Å²) in [6.07, 6.45) is 1.57. The summed E-state index contributed by atoms with van der Waals surface area (Å²) in [4.78, 5) is 15.9. The van der Waals surface area contributed by atoms with Gasteiger partial charge in [-0.1, -0.05) is 11.6 Å². The maximum atomic E-state index is 11.8. The molecule has 0 saturated carbocycles. The summed E-state index contributed by atoms with van der Waals surface area (Å²) < 4.78 is 21.1. The van der Waals surface area contributed by atoms with Gasteiger partial charge in [-0.2, -0.15) is 0 Å². The Hall–Kier alpha value is -2.99. The van der Waals surface area contributed by atoms with Crippen molar-refractivity contribution in [1.29, 1.82) is 0 Å². The van der Waals surface area contributed by atoms with Crippen LogP contribution in [0, 0.1) is 0 Å². The number of halogens is 1. The van der Waals surface area contributed by atoms with Crippen LogP contribution in [0.4, 0.5) is 0 Å². The van der Waals surface area contributed by atoms with Gasteiger partial charge in [-0.3, -0.25) is 0 Å². The number of ether oxygens (including phenoxy) is 3. The Bertz CT molecular complexity index is 858. The van der Waals surface area contributed by atoms with Gasteiger partial charge in [0.1, 0.15) is 11.5 Å². The SMILES string of the molecule is COc1ccc(OCC(=O)OCc2ncc(-c3ccc(Cl)cc3)o2)cc1. The van der Waals surface area contributed by atoms with E-state index in [0.717, 1.165) is 5.56 Å². The van der Waals surface area contributed by atoms with Crippen LogP contribution in [0.3, 0.4) is 0 Å². The van der Waals surface area contributed by atoms with E-state index in [2.05, 4.69) is 4.98 Å². The van der Waals surface area contributed by atoms with Gasteiger partial charge in [0.15, 0.2) is 19.0 Å². The lowest BCUT2D eigenvalue weighted by atomic mass is 10.2. The van der Waals surface area contributed by atoms with Gasteiger partial charge in [-0.25, -0.2) is 9.78 Å². The van der Waals surface area contributed by atoms with E-state index in [1.54, 1.807) is 49.7 Å². The molecule has 26 heavy (non-hydrogen) atoms. The molecule has 3 rings (SSSR count). The van der Waals surface area contributed by atoms with Crippen molar-refractivity contribution in [3.63, 3.8) is 0 Å². The van der Waals surface area contributed by atoms with E-state index in [1.165, 1.54) is 0 Å². The maximum absolute atomic E-state index is 11.8.